The van der Waals surface area contributed by atoms with Gasteiger partial charge in [-0.3, -0.25) is 9.59 Å². The molecule has 38 heavy (non-hydrogen) atoms. The molecule has 8 nitrogen and oxygen atoms in total. The van der Waals surface area contributed by atoms with Crippen LogP contribution in [0.15, 0.2) is 55.0 Å². The van der Waals surface area contributed by atoms with Gasteiger partial charge in [-0.2, -0.15) is 0 Å². The Balaban J connectivity index is 0.00000121. The molecule has 0 bridgehead atoms. The standard InChI is InChI=1S/C25H25FN4O4.2C2H6/c1-17(31)33-15-18-5-7-21(24-27-9-3-10-28-24)22(12-18)25(32)30-11-2-4-19(14-30)16-34-23-8-6-20(26)13-29-23;2*1-2/h3,5-10,12-13,19H,2,4,11,14-16H2,1H3;2*1-2H3. The van der Waals surface area contributed by atoms with Crippen LogP contribution in [0, 0.1) is 11.7 Å². The number of carbonyl (C=O) groups excluding carboxylic acids is 2. The summed E-state index contributed by atoms with van der Waals surface area (Å²) < 4.78 is 23.9. The average molecular weight is 525 g/mol. The quantitative estimate of drug-likeness (QED) is 0.365. The van der Waals surface area contributed by atoms with Crippen molar-refractivity contribution in [2.45, 2.75) is 54.1 Å². The van der Waals surface area contributed by atoms with E-state index in [1.165, 1.54) is 19.1 Å². The SMILES string of the molecule is CC.CC.CC(=O)OCc1ccc(-c2ncccn2)c(C(=O)N2CCCC(COc3ccc(F)cn3)C2)c1. The van der Waals surface area contributed by atoms with Gasteiger partial charge in [-0.15, -0.1) is 0 Å². The number of pyridine rings is 1. The normalized spacial score (nSPS) is 14.3. The molecule has 3 aromatic rings. The van der Waals surface area contributed by atoms with E-state index in [0.29, 0.717) is 48.1 Å². The number of esters is 1. The molecule has 1 fully saturated rings. The Morgan fingerprint density at radius 2 is 1.79 bits per heavy atom. The first-order chi connectivity index (χ1) is 18.5. The van der Waals surface area contributed by atoms with Crippen LogP contribution in [0.5, 0.6) is 5.88 Å². The number of halogens is 1. The van der Waals surface area contributed by atoms with Gasteiger partial charge in [-0.25, -0.2) is 19.3 Å². The minimum absolute atomic E-state index is 0.0761. The molecule has 1 atom stereocenters. The topological polar surface area (TPSA) is 94.5 Å². The van der Waals surface area contributed by atoms with E-state index in [9.17, 15) is 14.0 Å². The Hall–Kier alpha value is -3.88. The zero-order chi connectivity index (χ0) is 27.9. The third kappa shape index (κ3) is 8.90. The van der Waals surface area contributed by atoms with Gasteiger partial charge in [-0.1, -0.05) is 33.8 Å². The number of benzene rings is 1. The monoisotopic (exact) mass is 524 g/mol. The number of hydrogen-bond acceptors (Lipinski definition) is 7. The third-order valence-corrected chi connectivity index (χ3v) is 5.54. The lowest BCUT2D eigenvalue weighted by molar-refractivity contribution is -0.142. The molecular formula is C29H37FN4O4. The molecule has 0 spiro atoms. The first kappa shape index (κ1) is 30.3. The van der Waals surface area contributed by atoms with E-state index in [-0.39, 0.29) is 18.4 Å². The summed E-state index contributed by atoms with van der Waals surface area (Å²) in [6.45, 7) is 10.9. The van der Waals surface area contributed by atoms with Gasteiger partial charge >= 0.3 is 5.97 Å². The summed E-state index contributed by atoms with van der Waals surface area (Å²) in [5, 5.41) is 0. The highest BCUT2D eigenvalue weighted by atomic mass is 19.1. The summed E-state index contributed by atoms with van der Waals surface area (Å²) in [6, 6.07) is 9.82. The number of hydrogen-bond donors (Lipinski definition) is 0. The highest BCUT2D eigenvalue weighted by Gasteiger charge is 2.27. The van der Waals surface area contributed by atoms with E-state index in [2.05, 4.69) is 15.0 Å². The molecule has 2 aromatic heterocycles. The minimum Gasteiger partial charge on any atom is -0.477 e. The van der Waals surface area contributed by atoms with Crippen LogP contribution >= 0.6 is 0 Å². The van der Waals surface area contributed by atoms with E-state index >= 15 is 0 Å². The van der Waals surface area contributed by atoms with E-state index in [1.54, 1.807) is 41.6 Å². The van der Waals surface area contributed by atoms with Crippen LogP contribution in [0.25, 0.3) is 11.4 Å². The molecule has 4 rings (SSSR count). The van der Waals surface area contributed by atoms with E-state index < -0.39 is 11.8 Å². The number of likely N-dealkylation sites (tertiary alicyclic amines) is 1. The lowest BCUT2D eigenvalue weighted by atomic mass is 9.96. The van der Waals surface area contributed by atoms with E-state index in [1.807, 2.05) is 27.7 Å². The van der Waals surface area contributed by atoms with Crippen LogP contribution in [0.1, 0.15) is 63.4 Å². The largest absolute Gasteiger partial charge is 0.477 e. The Morgan fingerprint density at radius 1 is 1.05 bits per heavy atom. The molecule has 1 aliphatic heterocycles. The molecule has 1 unspecified atom stereocenters. The van der Waals surface area contributed by atoms with Gasteiger partial charge < -0.3 is 14.4 Å². The first-order valence-corrected chi connectivity index (χ1v) is 13.1. The predicted molar refractivity (Wildman–Crippen MR) is 144 cm³/mol. The molecule has 1 aromatic carbocycles. The predicted octanol–water partition coefficient (Wildman–Crippen LogP) is 5.72. The lowest BCUT2D eigenvalue weighted by Gasteiger charge is -2.33. The maximum absolute atomic E-state index is 13.6. The number of piperidine rings is 1. The highest BCUT2D eigenvalue weighted by Crippen LogP contribution is 2.26. The van der Waals surface area contributed by atoms with Crippen LogP contribution in [0.2, 0.25) is 0 Å². The number of ether oxygens (including phenoxy) is 2. The number of nitrogens with zero attached hydrogens (tertiary/aromatic N) is 4. The number of carbonyl (C=O) groups is 2. The molecule has 0 aliphatic carbocycles. The fourth-order valence-electron chi connectivity index (χ4n) is 3.88. The lowest BCUT2D eigenvalue weighted by Crippen LogP contribution is -2.41. The summed E-state index contributed by atoms with van der Waals surface area (Å²) in [5.74, 6) is -0.0357. The van der Waals surface area contributed by atoms with Gasteiger partial charge in [0.15, 0.2) is 5.82 Å². The van der Waals surface area contributed by atoms with E-state index in [4.69, 9.17) is 9.47 Å². The number of aromatic nitrogens is 3. The van der Waals surface area contributed by atoms with Crippen molar-refractivity contribution in [3.8, 4) is 17.3 Å². The smallest absolute Gasteiger partial charge is 0.302 e. The number of rotatable bonds is 7. The fraction of sp³-hybridized carbons (Fsp3) is 0.414. The van der Waals surface area contributed by atoms with Crippen LogP contribution in [0.4, 0.5) is 4.39 Å². The molecule has 1 amide bonds. The summed E-state index contributed by atoms with van der Waals surface area (Å²) in [6.07, 6.45) is 6.11. The summed E-state index contributed by atoms with van der Waals surface area (Å²) >= 11 is 0. The molecule has 1 saturated heterocycles. The van der Waals surface area contributed by atoms with Gasteiger partial charge in [0.05, 0.1) is 18.4 Å². The molecule has 9 heteroatoms. The van der Waals surface area contributed by atoms with Gasteiger partial charge in [-0.05, 0) is 42.7 Å². The van der Waals surface area contributed by atoms with Gasteiger partial charge in [0.2, 0.25) is 5.88 Å². The van der Waals surface area contributed by atoms with E-state index in [0.717, 1.165) is 19.0 Å². The van der Waals surface area contributed by atoms with Gasteiger partial charge in [0, 0.05) is 50.0 Å². The second-order valence-electron chi connectivity index (χ2n) is 8.12. The van der Waals surface area contributed by atoms with Crippen molar-refractivity contribution < 1.29 is 23.5 Å². The third-order valence-electron chi connectivity index (χ3n) is 5.54. The van der Waals surface area contributed by atoms with Crippen molar-refractivity contribution in [3.05, 3.63) is 71.9 Å². The highest BCUT2D eigenvalue weighted by molar-refractivity contribution is 6.00. The van der Waals surface area contributed by atoms with Crippen molar-refractivity contribution in [1.29, 1.82) is 0 Å². The second kappa shape index (κ2) is 16.1. The molecule has 0 saturated carbocycles. The first-order valence-electron chi connectivity index (χ1n) is 13.1. The molecule has 0 N–H and O–H groups in total. The molecule has 0 radical (unpaired) electrons. The summed E-state index contributed by atoms with van der Waals surface area (Å²) in [7, 11) is 0. The zero-order valence-electron chi connectivity index (χ0n) is 22.8. The Morgan fingerprint density at radius 3 is 2.45 bits per heavy atom. The summed E-state index contributed by atoms with van der Waals surface area (Å²) in [4.78, 5) is 39.2. The van der Waals surface area contributed by atoms with Crippen LogP contribution in [-0.4, -0.2) is 51.4 Å². The molecule has 3 heterocycles. The van der Waals surface area contributed by atoms with Gasteiger partial charge in [0.25, 0.3) is 5.91 Å². The zero-order valence-corrected chi connectivity index (χ0v) is 22.8. The van der Waals surface area contributed by atoms with Crippen molar-refractivity contribution in [3.63, 3.8) is 0 Å². The maximum Gasteiger partial charge on any atom is 0.302 e. The molecule has 1 aliphatic rings. The van der Waals surface area contributed by atoms with Crippen molar-refractivity contribution in [2.24, 2.45) is 5.92 Å². The fourth-order valence-corrected chi connectivity index (χ4v) is 3.88. The molecular weight excluding hydrogens is 487 g/mol. The maximum atomic E-state index is 13.6. The van der Waals surface area contributed by atoms with Crippen molar-refractivity contribution in [1.82, 2.24) is 19.9 Å². The number of amides is 1. The Kier molecular flexibility index (Phi) is 12.8. The van der Waals surface area contributed by atoms with Crippen LogP contribution < -0.4 is 4.74 Å². The van der Waals surface area contributed by atoms with Crippen molar-refractivity contribution >= 4 is 11.9 Å². The summed E-state index contributed by atoms with van der Waals surface area (Å²) in [5.41, 5.74) is 1.78. The van der Waals surface area contributed by atoms with Gasteiger partial charge in [0.1, 0.15) is 12.4 Å². The van der Waals surface area contributed by atoms with Crippen molar-refractivity contribution in [2.75, 3.05) is 19.7 Å². The minimum atomic E-state index is -0.420. The Labute approximate surface area is 224 Å². The van der Waals surface area contributed by atoms with Crippen LogP contribution in [0.3, 0.4) is 0 Å². The Bertz CT molecular complexity index is 1140. The van der Waals surface area contributed by atoms with Crippen LogP contribution in [-0.2, 0) is 16.1 Å². The molecule has 204 valence electrons. The second-order valence-corrected chi connectivity index (χ2v) is 8.12. The average Bonchev–Trinajstić information content (AvgIpc) is 2.98.